The highest BCUT2D eigenvalue weighted by molar-refractivity contribution is 5.86. The van der Waals surface area contributed by atoms with Gasteiger partial charge in [-0.05, 0) is 63.2 Å². The number of aromatic nitrogens is 2. The Morgan fingerprint density at radius 1 is 1.39 bits per heavy atom. The summed E-state index contributed by atoms with van der Waals surface area (Å²) in [5, 5.41) is 0.820. The molecule has 0 aliphatic carbocycles. The fourth-order valence-electron chi connectivity index (χ4n) is 4.08. The minimum absolute atomic E-state index is 0.0906. The number of ether oxygens (including phenoxy) is 1. The van der Waals surface area contributed by atoms with Crippen molar-refractivity contribution >= 4 is 16.9 Å². The van der Waals surface area contributed by atoms with Gasteiger partial charge in [-0.25, -0.2) is 9.37 Å². The number of likely N-dealkylation sites (N-methyl/N-ethyl adjacent to an activating group) is 1. The van der Waals surface area contributed by atoms with Crippen LogP contribution >= 0.6 is 0 Å². The van der Waals surface area contributed by atoms with E-state index in [1.807, 2.05) is 27.2 Å². The molecule has 1 unspecified atom stereocenters. The van der Waals surface area contributed by atoms with Crippen LogP contribution in [0.5, 0.6) is 11.5 Å². The first-order valence-electron chi connectivity index (χ1n) is 10.4. The van der Waals surface area contributed by atoms with Crippen LogP contribution in [0.4, 0.5) is 4.39 Å². The summed E-state index contributed by atoms with van der Waals surface area (Å²) in [5.74, 6) is 0.0632. The third kappa shape index (κ3) is 4.40. The van der Waals surface area contributed by atoms with Gasteiger partial charge in [0.2, 0.25) is 5.91 Å². The van der Waals surface area contributed by atoms with E-state index in [1.54, 1.807) is 29.3 Å². The number of hydrogen-bond donors (Lipinski definition) is 2. The number of carbonyl (C=O) groups excluding carboxylic acids is 1. The van der Waals surface area contributed by atoms with Crippen LogP contribution in [0.15, 0.2) is 36.7 Å². The second kappa shape index (κ2) is 8.64. The maximum absolute atomic E-state index is 14.8. The standard InChI is InChI=1S/C23H28FN5O2/c1-14-12-27-22-21(14)20(6-8-26-22)31-19-5-4-15(10-17(19)24)11-18(25)23(30)29-9-7-16(13-29)28(2)3/h4-6,8,10,12,16,18H,7,9,11,13,25H2,1-3H3,(H,26,27)/t16-,18?/m1/s1. The molecule has 1 fully saturated rings. The number of aryl methyl sites for hydroxylation is 1. The van der Waals surface area contributed by atoms with Gasteiger partial charge in [-0.1, -0.05) is 6.07 Å². The molecule has 1 amide bonds. The van der Waals surface area contributed by atoms with Crippen molar-refractivity contribution in [2.45, 2.75) is 31.8 Å². The van der Waals surface area contributed by atoms with Crippen LogP contribution in [0.25, 0.3) is 11.0 Å². The Bertz CT molecular complexity index is 1100. The maximum atomic E-state index is 14.8. The van der Waals surface area contributed by atoms with Crippen molar-refractivity contribution in [3.8, 4) is 11.5 Å². The van der Waals surface area contributed by atoms with Gasteiger partial charge in [-0.2, -0.15) is 0 Å². The Hall–Kier alpha value is -2.97. The number of fused-ring (bicyclic) bond motifs is 1. The van der Waals surface area contributed by atoms with Gasteiger partial charge in [0.15, 0.2) is 11.6 Å². The minimum atomic E-state index is -0.700. The number of carbonyl (C=O) groups is 1. The summed E-state index contributed by atoms with van der Waals surface area (Å²) in [6.45, 7) is 3.32. The SMILES string of the molecule is Cc1c[nH]c2nccc(Oc3ccc(CC(N)C(=O)N4CC[C@@H](N(C)C)C4)cc3F)c12. The largest absolute Gasteiger partial charge is 0.453 e. The van der Waals surface area contributed by atoms with Gasteiger partial charge in [0.25, 0.3) is 0 Å². The molecule has 0 radical (unpaired) electrons. The number of benzene rings is 1. The summed E-state index contributed by atoms with van der Waals surface area (Å²) < 4.78 is 20.6. The first kappa shape index (κ1) is 21.3. The smallest absolute Gasteiger partial charge is 0.239 e. The first-order chi connectivity index (χ1) is 14.8. The molecule has 164 valence electrons. The van der Waals surface area contributed by atoms with E-state index in [0.717, 1.165) is 17.4 Å². The average Bonchev–Trinajstić information content (AvgIpc) is 3.37. The highest BCUT2D eigenvalue weighted by atomic mass is 19.1. The van der Waals surface area contributed by atoms with E-state index >= 15 is 0 Å². The number of H-pyrrole nitrogens is 1. The Kier molecular flexibility index (Phi) is 5.93. The van der Waals surface area contributed by atoms with E-state index in [9.17, 15) is 9.18 Å². The zero-order valence-corrected chi connectivity index (χ0v) is 18.1. The Morgan fingerprint density at radius 3 is 2.90 bits per heavy atom. The van der Waals surface area contributed by atoms with E-state index in [1.165, 1.54) is 6.07 Å². The number of halogens is 1. The predicted molar refractivity (Wildman–Crippen MR) is 118 cm³/mol. The number of likely N-dealkylation sites (tertiary alicyclic amines) is 1. The van der Waals surface area contributed by atoms with Gasteiger partial charge >= 0.3 is 0 Å². The lowest BCUT2D eigenvalue weighted by atomic mass is 10.1. The lowest BCUT2D eigenvalue weighted by Crippen LogP contribution is -2.45. The van der Waals surface area contributed by atoms with Crippen LogP contribution in [0.2, 0.25) is 0 Å². The molecule has 0 spiro atoms. The topological polar surface area (TPSA) is 87.5 Å². The molecular weight excluding hydrogens is 397 g/mol. The van der Waals surface area contributed by atoms with E-state index < -0.39 is 11.9 Å². The molecule has 2 atom stereocenters. The van der Waals surface area contributed by atoms with Crippen LogP contribution in [0.3, 0.4) is 0 Å². The van der Waals surface area contributed by atoms with Crippen LogP contribution in [-0.2, 0) is 11.2 Å². The number of hydrogen-bond acceptors (Lipinski definition) is 5. The van der Waals surface area contributed by atoms with Crippen molar-refractivity contribution < 1.29 is 13.9 Å². The molecule has 31 heavy (non-hydrogen) atoms. The molecule has 3 heterocycles. The molecule has 2 aromatic heterocycles. The van der Waals surface area contributed by atoms with Gasteiger partial charge in [0, 0.05) is 31.5 Å². The Balaban J connectivity index is 1.44. The van der Waals surface area contributed by atoms with Crippen LogP contribution in [-0.4, -0.2) is 64.9 Å². The number of nitrogens with one attached hydrogen (secondary N) is 1. The van der Waals surface area contributed by atoms with Crippen molar-refractivity contribution in [1.29, 1.82) is 0 Å². The molecule has 4 rings (SSSR count). The van der Waals surface area contributed by atoms with Gasteiger partial charge in [0.05, 0.1) is 11.4 Å². The molecule has 0 bridgehead atoms. The molecule has 1 aliphatic rings. The number of nitrogens with zero attached hydrogens (tertiary/aromatic N) is 3. The Labute approximate surface area is 181 Å². The van der Waals surface area contributed by atoms with Crippen molar-refractivity contribution in [3.63, 3.8) is 0 Å². The molecule has 3 aromatic rings. The second-order valence-corrected chi connectivity index (χ2v) is 8.37. The number of nitrogens with two attached hydrogens (primary N) is 1. The number of rotatable bonds is 6. The summed E-state index contributed by atoms with van der Waals surface area (Å²) in [4.78, 5) is 23.9. The minimum Gasteiger partial charge on any atom is -0.453 e. The Morgan fingerprint density at radius 2 is 2.19 bits per heavy atom. The van der Waals surface area contributed by atoms with Gasteiger partial charge in [-0.15, -0.1) is 0 Å². The zero-order valence-electron chi connectivity index (χ0n) is 18.1. The fraction of sp³-hybridized carbons (Fsp3) is 0.391. The zero-order chi connectivity index (χ0) is 22.1. The third-order valence-electron chi connectivity index (χ3n) is 5.93. The highest BCUT2D eigenvalue weighted by Gasteiger charge is 2.30. The van der Waals surface area contributed by atoms with E-state index in [-0.39, 0.29) is 18.1 Å². The molecular formula is C23H28FN5O2. The molecule has 1 saturated heterocycles. The predicted octanol–water partition coefficient (Wildman–Crippen LogP) is 2.84. The molecule has 1 aliphatic heterocycles. The highest BCUT2D eigenvalue weighted by Crippen LogP contribution is 2.32. The normalized spacial score (nSPS) is 17.5. The average molecular weight is 426 g/mol. The van der Waals surface area contributed by atoms with E-state index in [4.69, 9.17) is 10.5 Å². The summed E-state index contributed by atoms with van der Waals surface area (Å²) in [7, 11) is 4.03. The summed E-state index contributed by atoms with van der Waals surface area (Å²) >= 11 is 0. The second-order valence-electron chi connectivity index (χ2n) is 8.37. The van der Waals surface area contributed by atoms with Crippen molar-refractivity contribution in [2.75, 3.05) is 27.2 Å². The monoisotopic (exact) mass is 425 g/mol. The molecule has 3 N–H and O–H groups in total. The molecule has 0 saturated carbocycles. The maximum Gasteiger partial charge on any atom is 0.239 e. The van der Waals surface area contributed by atoms with E-state index in [0.29, 0.717) is 36.1 Å². The van der Waals surface area contributed by atoms with Crippen molar-refractivity contribution in [2.24, 2.45) is 5.73 Å². The van der Waals surface area contributed by atoms with Crippen molar-refractivity contribution in [3.05, 3.63) is 53.6 Å². The number of pyridine rings is 1. The summed E-state index contributed by atoms with van der Waals surface area (Å²) in [6.07, 6.45) is 4.66. The third-order valence-corrected chi connectivity index (χ3v) is 5.93. The number of aromatic amines is 1. The van der Waals surface area contributed by atoms with Gasteiger partial charge in [-0.3, -0.25) is 4.79 Å². The quantitative estimate of drug-likeness (QED) is 0.634. The molecule has 8 heteroatoms. The molecule has 7 nitrogen and oxygen atoms in total. The van der Waals surface area contributed by atoms with Crippen molar-refractivity contribution in [1.82, 2.24) is 19.8 Å². The summed E-state index contributed by atoms with van der Waals surface area (Å²) in [6, 6.07) is 6.08. The van der Waals surface area contributed by atoms with Gasteiger partial charge in [0.1, 0.15) is 11.4 Å². The first-order valence-corrected chi connectivity index (χ1v) is 10.4. The molecule has 1 aromatic carbocycles. The summed E-state index contributed by atoms with van der Waals surface area (Å²) in [5.41, 5.74) is 8.48. The number of amides is 1. The van der Waals surface area contributed by atoms with E-state index in [2.05, 4.69) is 14.9 Å². The lowest BCUT2D eigenvalue weighted by molar-refractivity contribution is -0.131. The van der Waals surface area contributed by atoms with Crippen LogP contribution in [0, 0.1) is 12.7 Å². The fourth-order valence-corrected chi connectivity index (χ4v) is 4.08. The lowest BCUT2D eigenvalue weighted by Gasteiger charge is -2.23. The van der Waals surface area contributed by atoms with Crippen LogP contribution in [0.1, 0.15) is 17.5 Å². The van der Waals surface area contributed by atoms with Gasteiger partial charge < -0.3 is 25.3 Å². The van der Waals surface area contributed by atoms with Crippen LogP contribution < -0.4 is 10.5 Å².